The first kappa shape index (κ1) is 18.6. The number of aromatic nitrogens is 7. The van der Waals surface area contributed by atoms with Crippen LogP contribution < -0.4 is 5.32 Å². The van der Waals surface area contributed by atoms with Crippen LogP contribution in [0.1, 0.15) is 16.1 Å². The van der Waals surface area contributed by atoms with Crippen molar-refractivity contribution >= 4 is 22.5 Å². The Bertz CT molecular complexity index is 1400. The lowest BCUT2D eigenvalue weighted by molar-refractivity contribution is 0.101. The van der Waals surface area contributed by atoms with Crippen molar-refractivity contribution in [2.45, 2.75) is 6.92 Å². The molecule has 0 saturated carbocycles. The van der Waals surface area contributed by atoms with E-state index in [0.717, 1.165) is 39.0 Å². The average Bonchev–Trinajstić information content (AvgIpc) is 3.46. The summed E-state index contributed by atoms with van der Waals surface area (Å²) in [5.74, 6) is 0.349. The maximum atomic E-state index is 12.5. The van der Waals surface area contributed by atoms with E-state index in [2.05, 4.69) is 31.0 Å². The highest BCUT2D eigenvalue weighted by Crippen LogP contribution is 2.27. The topological polar surface area (TPSA) is 114 Å². The Morgan fingerprint density at radius 1 is 1.03 bits per heavy atom. The molecule has 152 valence electrons. The second kappa shape index (κ2) is 7.45. The first-order chi connectivity index (χ1) is 15.1. The van der Waals surface area contributed by atoms with Gasteiger partial charge in [-0.15, -0.1) is 10.2 Å². The SMILES string of the molecule is Cc1cc(-c2ccc3cc(-c4nn[nH]n4)ccc3n2)ccc1NC(=O)c1ccnn1C. The molecule has 31 heavy (non-hydrogen) atoms. The van der Waals surface area contributed by atoms with E-state index < -0.39 is 0 Å². The molecule has 3 heterocycles. The fourth-order valence-electron chi connectivity index (χ4n) is 3.46. The predicted octanol–water partition coefficient (Wildman–Crippen LogP) is 3.38. The molecule has 0 bridgehead atoms. The van der Waals surface area contributed by atoms with E-state index >= 15 is 0 Å². The fraction of sp³-hybridized carbons (Fsp3) is 0.0909. The molecule has 0 radical (unpaired) electrons. The van der Waals surface area contributed by atoms with Crippen molar-refractivity contribution < 1.29 is 4.79 Å². The monoisotopic (exact) mass is 410 g/mol. The van der Waals surface area contributed by atoms with Gasteiger partial charge in [0.1, 0.15) is 5.69 Å². The van der Waals surface area contributed by atoms with Crippen LogP contribution in [0.3, 0.4) is 0 Å². The number of aromatic amines is 1. The zero-order chi connectivity index (χ0) is 21.4. The number of aryl methyl sites for hydroxylation is 2. The highest BCUT2D eigenvalue weighted by molar-refractivity contribution is 6.03. The number of H-pyrrole nitrogens is 1. The summed E-state index contributed by atoms with van der Waals surface area (Å²) in [6.07, 6.45) is 1.60. The lowest BCUT2D eigenvalue weighted by Gasteiger charge is -2.11. The van der Waals surface area contributed by atoms with Gasteiger partial charge in [-0.3, -0.25) is 9.48 Å². The number of hydrogen-bond donors (Lipinski definition) is 2. The first-order valence-corrected chi connectivity index (χ1v) is 9.63. The average molecular weight is 410 g/mol. The van der Waals surface area contributed by atoms with Crippen LogP contribution in [0.25, 0.3) is 33.5 Å². The second-order valence-corrected chi connectivity index (χ2v) is 7.16. The van der Waals surface area contributed by atoms with Gasteiger partial charge in [0.15, 0.2) is 0 Å². The van der Waals surface area contributed by atoms with Crippen LogP contribution in [0.15, 0.2) is 60.8 Å². The Labute approximate surface area is 177 Å². The third-order valence-electron chi connectivity index (χ3n) is 5.12. The Kier molecular flexibility index (Phi) is 4.47. The van der Waals surface area contributed by atoms with E-state index in [9.17, 15) is 4.79 Å². The van der Waals surface area contributed by atoms with E-state index in [0.29, 0.717) is 11.5 Å². The van der Waals surface area contributed by atoms with Gasteiger partial charge < -0.3 is 5.32 Å². The second-order valence-electron chi connectivity index (χ2n) is 7.16. The summed E-state index contributed by atoms with van der Waals surface area (Å²) < 4.78 is 1.54. The summed E-state index contributed by atoms with van der Waals surface area (Å²) in [7, 11) is 1.74. The summed E-state index contributed by atoms with van der Waals surface area (Å²) in [5, 5.41) is 22.1. The van der Waals surface area contributed by atoms with Gasteiger partial charge in [0.25, 0.3) is 5.91 Å². The molecule has 2 aromatic carbocycles. The number of benzene rings is 2. The zero-order valence-corrected chi connectivity index (χ0v) is 16.9. The number of hydrogen-bond acceptors (Lipinski definition) is 6. The molecular formula is C22H18N8O. The van der Waals surface area contributed by atoms with Gasteiger partial charge >= 0.3 is 0 Å². The minimum Gasteiger partial charge on any atom is -0.320 e. The molecule has 2 N–H and O–H groups in total. The van der Waals surface area contributed by atoms with Crippen molar-refractivity contribution in [1.82, 2.24) is 35.4 Å². The van der Waals surface area contributed by atoms with Crippen molar-refractivity contribution in [2.75, 3.05) is 5.32 Å². The number of rotatable bonds is 4. The molecule has 0 saturated heterocycles. The van der Waals surface area contributed by atoms with E-state index in [4.69, 9.17) is 4.98 Å². The summed E-state index contributed by atoms with van der Waals surface area (Å²) in [5.41, 5.74) is 5.77. The normalized spacial score (nSPS) is 11.0. The molecule has 0 spiro atoms. The first-order valence-electron chi connectivity index (χ1n) is 9.63. The van der Waals surface area contributed by atoms with Crippen molar-refractivity contribution in [1.29, 1.82) is 0 Å². The Morgan fingerprint density at radius 3 is 2.65 bits per heavy atom. The molecule has 0 aliphatic heterocycles. The van der Waals surface area contributed by atoms with Crippen molar-refractivity contribution in [2.24, 2.45) is 7.05 Å². The number of amides is 1. The van der Waals surface area contributed by atoms with Crippen LogP contribution in [0.4, 0.5) is 5.69 Å². The zero-order valence-electron chi connectivity index (χ0n) is 16.9. The molecule has 5 rings (SSSR count). The number of pyridine rings is 1. The van der Waals surface area contributed by atoms with Gasteiger partial charge in [-0.2, -0.15) is 10.3 Å². The quantitative estimate of drug-likeness (QED) is 0.469. The number of nitrogens with one attached hydrogen (secondary N) is 2. The van der Waals surface area contributed by atoms with Crippen molar-refractivity contribution in [3.63, 3.8) is 0 Å². The van der Waals surface area contributed by atoms with E-state index in [1.54, 1.807) is 24.0 Å². The number of carbonyl (C=O) groups is 1. The van der Waals surface area contributed by atoms with Gasteiger partial charge in [0.05, 0.1) is 11.2 Å². The molecule has 0 unspecified atom stereocenters. The summed E-state index contributed by atoms with van der Waals surface area (Å²) in [4.78, 5) is 17.3. The Balaban J connectivity index is 1.42. The van der Waals surface area contributed by atoms with Crippen LogP contribution in [0.2, 0.25) is 0 Å². The minimum atomic E-state index is -0.197. The molecule has 0 aliphatic carbocycles. The Hall–Kier alpha value is -4.40. The molecular weight excluding hydrogens is 392 g/mol. The lowest BCUT2D eigenvalue weighted by Crippen LogP contribution is -2.16. The summed E-state index contributed by atoms with van der Waals surface area (Å²) >= 11 is 0. The van der Waals surface area contributed by atoms with Gasteiger partial charge in [0.2, 0.25) is 5.82 Å². The number of nitrogens with zero attached hydrogens (tertiary/aromatic N) is 6. The van der Waals surface area contributed by atoms with E-state index in [1.165, 1.54) is 0 Å². The third-order valence-corrected chi connectivity index (χ3v) is 5.12. The van der Waals surface area contributed by atoms with Crippen molar-refractivity contribution in [3.05, 3.63) is 72.1 Å². The Morgan fingerprint density at radius 2 is 1.90 bits per heavy atom. The molecule has 0 fully saturated rings. The van der Waals surface area contributed by atoms with Crippen LogP contribution in [-0.4, -0.2) is 41.3 Å². The number of fused-ring (bicyclic) bond motifs is 1. The van der Waals surface area contributed by atoms with Crippen LogP contribution in [0.5, 0.6) is 0 Å². The van der Waals surface area contributed by atoms with E-state index in [-0.39, 0.29) is 5.91 Å². The lowest BCUT2D eigenvalue weighted by atomic mass is 10.0. The van der Waals surface area contributed by atoms with Crippen LogP contribution >= 0.6 is 0 Å². The predicted molar refractivity (Wildman–Crippen MR) is 116 cm³/mol. The van der Waals surface area contributed by atoms with Gasteiger partial charge in [-0.05, 0) is 60.2 Å². The molecule has 1 amide bonds. The highest BCUT2D eigenvalue weighted by Gasteiger charge is 2.12. The number of tetrazole rings is 1. The van der Waals surface area contributed by atoms with Crippen LogP contribution in [-0.2, 0) is 7.05 Å². The van der Waals surface area contributed by atoms with Gasteiger partial charge in [-0.1, -0.05) is 12.1 Å². The van der Waals surface area contributed by atoms with Gasteiger partial charge in [0, 0.05) is 35.4 Å². The smallest absolute Gasteiger partial charge is 0.273 e. The van der Waals surface area contributed by atoms with Crippen LogP contribution in [0, 0.1) is 6.92 Å². The molecule has 3 aromatic heterocycles. The third kappa shape index (κ3) is 3.52. The standard InChI is InChI=1S/C22H18N8O/c1-13-11-14(3-6-17(13)25-22(31)20-9-10-23-30(20)2)18-7-4-15-12-16(5-8-19(15)24-18)21-26-28-29-27-21/h3-12H,1-2H3,(H,25,31)(H,26,27,28,29). The molecule has 9 nitrogen and oxygen atoms in total. The summed E-state index contributed by atoms with van der Waals surface area (Å²) in [6.45, 7) is 1.96. The summed E-state index contributed by atoms with van der Waals surface area (Å²) in [6, 6.07) is 17.4. The maximum absolute atomic E-state index is 12.5. The number of carbonyl (C=O) groups excluding carboxylic acids is 1. The van der Waals surface area contributed by atoms with E-state index in [1.807, 2.05) is 55.5 Å². The molecule has 0 aliphatic rings. The molecule has 9 heteroatoms. The van der Waals surface area contributed by atoms with Crippen molar-refractivity contribution in [3.8, 4) is 22.6 Å². The van der Waals surface area contributed by atoms with Gasteiger partial charge in [-0.25, -0.2) is 4.98 Å². The fourth-order valence-corrected chi connectivity index (χ4v) is 3.46. The largest absolute Gasteiger partial charge is 0.320 e. The molecule has 5 aromatic rings. The molecule has 0 atom stereocenters. The highest BCUT2D eigenvalue weighted by atomic mass is 16.2. The number of anilines is 1. The minimum absolute atomic E-state index is 0.197. The maximum Gasteiger partial charge on any atom is 0.273 e.